The Kier molecular flexibility index (Phi) is 4.48. The van der Waals surface area contributed by atoms with E-state index in [-0.39, 0.29) is 28.6 Å². The van der Waals surface area contributed by atoms with E-state index in [9.17, 15) is 16.8 Å². The van der Waals surface area contributed by atoms with Gasteiger partial charge in [-0.15, -0.1) is 0 Å². The van der Waals surface area contributed by atoms with E-state index in [0.29, 0.717) is 0 Å². The molecular formula is C8H15N3O5S2. The third-order valence-corrected chi connectivity index (χ3v) is 5.28. The summed E-state index contributed by atoms with van der Waals surface area (Å²) in [5.74, 6) is -0.178. The van der Waals surface area contributed by atoms with E-state index in [0.717, 1.165) is 0 Å². The molecule has 0 aliphatic heterocycles. The molecule has 2 N–H and O–H groups in total. The molecule has 1 aromatic rings. The summed E-state index contributed by atoms with van der Waals surface area (Å²) in [6.45, 7) is 2.74. The van der Waals surface area contributed by atoms with Crippen LogP contribution in [0.1, 0.15) is 11.5 Å². The second kappa shape index (κ2) is 5.34. The number of hydrogen-bond donors (Lipinski definition) is 2. The number of sulfonamides is 2. The van der Waals surface area contributed by atoms with E-state index in [2.05, 4.69) is 14.6 Å². The number of aryl methyl sites for hydroxylation is 2. The average Bonchev–Trinajstić information content (AvgIpc) is 2.58. The van der Waals surface area contributed by atoms with E-state index in [1.807, 2.05) is 0 Å². The van der Waals surface area contributed by atoms with Crippen LogP contribution in [0.2, 0.25) is 0 Å². The largest absolute Gasteiger partial charge is 0.360 e. The van der Waals surface area contributed by atoms with Crippen molar-refractivity contribution in [1.29, 1.82) is 0 Å². The molecule has 0 bridgehead atoms. The zero-order chi connectivity index (χ0) is 14.0. The quantitative estimate of drug-likeness (QED) is 0.704. The van der Waals surface area contributed by atoms with Crippen LogP contribution in [-0.4, -0.2) is 41.3 Å². The summed E-state index contributed by atoms with van der Waals surface area (Å²) in [6, 6.07) is 0. The average molecular weight is 297 g/mol. The number of nitrogens with zero attached hydrogens (tertiary/aromatic N) is 1. The molecule has 0 atom stereocenters. The zero-order valence-electron chi connectivity index (χ0n) is 10.2. The topological polar surface area (TPSA) is 118 Å². The maximum atomic E-state index is 11.9. The van der Waals surface area contributed by atoms with Crippen molar-refractivity contribution in [2.45, 2.75) is 18.7 Å². The molecule has 8 nitrogen and oxygen atoms in total. The fraction of sp³-hybridized carbons (Fsp3) is 0.625. The normalized spacial score (nSPS) is 12.8. The lowest BCUT2D eigenvalue weighted by molar-refractivity contribution is 0.390. The molecule has 0 saturated carbocycles. The first kappa shape index (κ1) is 15.1. The van der Waals surface area contributed by atoms with Crippen LogP contribution >= 0.6 is 0 Å². The highest BCUT2D eigenvalue weighted by molar-refractivity contribution is 7.90. The molecule has 10 heteroatoms. The lowest BCUT2D eigenvalue weighted by atomic mass is 10.4. The maximum Gasteiger partial charge on any atom is 0.245 e. The molecule has 1 heterocycles. The minimum atomic E-state index is -3.81. The lowest BCUT2D eigenvalue weighted by Gasteiger charge is -2.06. The van der Waals surface area contributed by atoms with Crippen molar-refractivity contribution in [3.05, 3.63) is 11.5 Å². The van der Waals surface area contributed by atoms with E-state index in [1.165, 1.54) is 20.9 Å². The van der Waals surface area contributed by atoms with Gasteiger partial charge in [0.2, 0.25) is 20.0 Å². The first-order valence-corrected chi connectivity index (χ1v) is 8.17. The van der Waals surface area contributed by atoms with Crippen LogP contribution in [0.5, 0.6) is 0 Å². The van der Waals surface area contributed by atoms with Crippen molar-refractivity contribution in [2.75, 3.05) is 19.3 Å². The van der Waals surface area contributed by atoms with Crippen molar-refractivity contribution in [3.63, 3.8) is 0 Å². The van der Waals surface area contributed by atoms with Crippen molar-refractivity contribution in [1.82, 2.24) is 14.6 Å². The molecule has 18 heavy (non-hydrogen) atoms. The van der Waals surface area contributed by atoms with Crippen molar-refractivity contribution >= 4 is 20.0 Å². The second-order valence-corrected chi connectivity index (χ2v) is 7.32. The first-order valence-electron chi connectivity index (χ1n) is 5.03. The monoisotopic (exact) mass is 297 g/mol. The van der Waals surface area contributed by atoms with Crippen LogP contribution in [-0.2, 0) is 20.0 Å². The number of nitrogens with one attached hydrogen (secondary N) is 2. The Bertz CT molecular complexity index is 598. The Morgan fingerprint density at radius 1 is 1.22 bits per heavy atom. The SMILES string of the molecule is CNS(=O)(=O)CCNS(=O)(=O)c1c(C)noc1C. The third kappa shape index (κ3) is 3.51. The van der Waals surface area contributed by atoms with Gasteiger partial charge in [0, 0.05) is 6.54 Å². The minimum absolute atomic E-state index is 0.0515. The Morgan fingerprint density at radius 3 is 2.28 bits per heavy atom. The van der Waals surface area contributed by atoms with Gasteiger partial charge in [-0.3, -0.25) is 0 Å². The molecule has 1 aromatic heterocycles. The smallest absolute Gasteiger partial charge is 0.245 e. The summed E-state index contributed by atoms with van der Waals surface area (Å²) in [7, 11) is -5.99. The number of aromatic nitrogens is 1. The maximum absolute atomic E-state index is 11.9. The van der Waals surface area contributed by atoms with Crippen LogP contribution < -0.4 is 9.44 Å². The second-order valence-electron chi connectivity index (χ2n) is 3.57. The highest BCUT2D eigenvalue weighted by atomic mass is 32.2. The van der Waals surface area contributed by atoms with Crippen LogP contribution in [0.25, 0.3) is 0 Å². The Hall–Kier alpha value is -0.970. The number of hydrogen-bond acceptors (Lipinski definition) is 6. The van der Waals surface area contributed by atoms with Gasteiger partial charge in [0.25, 0.3) is 0 Å². The Morgan fingerprint density at radius 2 is 1.83 bits per heavy atom. The van der Waals surface area contributed by atoms with Crippen LogP contribution in [0.15, 0.2) is 9.42 Å². The summed E-state index contributed by atoms with van der Waals surface area (Å²) in [4.78, 5) is -0.0515. The standard InChI is InChI=1S/C8H15N3O5S2/c1-6-8(7(2)16-11-6)18(14,15)10-4-5-17(12,13)9-3/h9-10H,4-5H2,1-3H3. The fourth-order valence-corrected chi connectivity index (χ4v) is 3.40. The molecule has 0 fully saturated rings. The summed E-state index contributed by atoms with van der Waals surface area (Å²) < 4.78 is 55.1. The summed E-state index contributed by atoms with van der Waals surface area (Å²) >= 11 is 0. The van der Waals surface area contributed by atoms with E-state index >= 15 is 0 Å². The van der Waals surface area contributed by atoms with Crippen LogP contribution in [0, 0.1) is 13.8 Å². The van der Waals surface area contributed by atoms with E-state index < -0.39 is 20.0 Å². The van der Waals surface area contributed by atoms with Gasteiger partial charge in [-0.25, -0.2) is 26.3 Å². The van der Waals surface area contributed by atoms with Gasteiger partial charge >= 0.3 is 0 Å². The molecule has 0 aliphatic carbocycles. The van der Waals surface area contributed by atoms with Gasteiger partial charge in [-0.1, -0.05) is 5.16 Å². The van der Waals surface area contributed by atoms with Crippen molar-refractivity contribution < 1.29 is 21.4 Å². The highest BCUT2D eigenvalue weighted by Crippen LogP contribution is 2.18. The predicted molar refractivity (Wildman–Crippen MR) is 64.0 cm³/mol. The van der Waals surface area contributed by atoms with Gasteiger partial charge in [-0.2, -0.15) is 0 Å². The molecule has 0 unspecified atom stereocenters. The minimum Gasteiger partial charge on any atom is -0.360 e. The van der Waals surface area contributed by atoms with Crippen LogP contribution in [0.4, 0.5) is 0 Å². The third-order valence-electron chi connectivity index (χ3n) is 2.21. The van der Waals surface area contributed by atoms with Gasteiger partial charge in [-0.05, 0) is 20.9 Å². The Labute approximate surface area is 106 Å². The molecule has 1 rings (SSSR count). The first-order chi connectivity index (χ1) is 8.19. The van der Waals surface area contributed by atoms with Crippen LogP contribution in [0.3, 0.4) is 0 Å². The molecule has 0 radical (unpaired) electrons. The summed E-state index contributed by atoms with van der Waals surface area (Å²) in [5, 5.41) is 3.53. The molecule has 0 spiro atoms. The van der Waals surface area contributed by atoms with Gasteiger partial charge < -0.3 is 4.52 Å². The van der Waals surface area contributed by atoms with Crippen molar-refractivity contribution in [2.24, 2.45) is 0 Å². The van der Waals surface area contributed by atoms with E-state index in [1.54, 1.807) is 0 Å². The molecule has 0 amide bonds. The molecule has 0 aliphatic rings. The molecule has 0 aromatic carbocycles. The zero-order valence-corrected chi connectivity index (χ0v) is 11.9. The summed E-state index contributed by atoms with van der Waals surface area (Å²) in [6.07, 6.45) is 0. The highest BCUT2D eigenvalue weighted by Gasteiger charge is 2.24. The van der Waals surface area contributed by atoms with Gasteiger partial charge in [0.15, 0.2) is 5.76 Å². The summed E-state index contributed by atoms with van der Waals surface area (Å²) in [5.41, 5.74) is 0.233. The van der Waals surface area contributed by atoms with E-state index in [4.69, 9.17) is 4.52 Å². The van der Waals surface area contributed by atoms with Gasteiger partial charge in [0.1, 0.15) is 10.6 Å². The fourth-order valence-electron chi connectivity index (χ4n) is 1.34. The molecule has 104 valence electrons. The van der Waals surface area contributed by atoms with Gasteiger partial charge in [0.05, 0.1) is 5.75 Å². The molecule has 0 saturated heterocycles. The lowest BCUT2D eigenvalue weighted by Crippen LogP contribution is -2.33. The molecular weight excluding hydrogens is 282 g/mol. The number of rotatable bonds is 6. The predicted octanol–water partition coefficient (Wildman–Crippen LogP) is -0.881. The Balaban J connectivity index is 2.79. The van der Waals surface area contributed by atoms with Crippen molar-refractivity contribution in [3.8, 4) is 0 Å².